The Morgan fingerprint density at radius 3 is 2.70 bits per heavy atom. The number of hydrogen-bond acceptors (Lipinski definition) is 2. The number of nitrogens with zero attached hydrogens (tertiary/aromatic N) is 1. The molecule has 0 amide bonds. The number of pyridine rings is 1. The zero-order valence-electron chi connectivity index (χ0n) is 10.3. The lowest BCUT2D eigenvalue weighted by atomic mass is 10.2. The fourth-order valence-electron chi connectivity index (χ4n) is 1.92. The maximum atomic E-state index is 13.8. The van der Waals surface area contributed by atoms with Crippen LogP contribution in [-0.4, -0.2) is 6.79 Å². The molecule has 1 aromatic carbocycles. The van der Waals surface area contributed by atoms with E-state index >= 15 is 0 Å². The Kier molecular flexibility index (Phi) is 4.01. The smallest absolute Gasteiger partial charge is 0.280 e. The molecule has 20 heavy (non-hydrogen) atoms. The first kappa shape index (κ1) is 14.8. The lowest BCUT2D eigenvalue weighted by Crippen LogP contribution is -3.00. The van der Waals surface area contributed by atoms with Gasteiger partial charge in [-0.2, -0.15) is 8.78 Å². The summed E-state index contributed by atoms with van der Waals surface area (Å²) in [6.07, 6.45) is 1.71. The average Bonchev–Trinajstić information content (AvgIpc) is 2.68. The predicted octanol–water partition coefficient (Wildman–Crippen LogP) is -0.0640. The molecule has 2 aliphatic rings. The van der Waals surface area contributed by atoms with Crippen LogP contribution in [0, 0.1) is 18.6 Å². The highest BCUT2D eigenvalue weighted by Gasteiger charge is 2.31. The summed E-state index contributed by atoms with van der Waals surface area (Å²) in [5.41, 5.74) is 1.22. The third-order valence-electron chi connectivity index (χ3n) is 2.83. The zero-order valence-corrected chi connectivity index (χ0v) is 11.8. The van der Waals surface area contributed by atoms with Crippen LogP contribution in [0.5, 0.6) is 11.5 Å². The van der Waals surface area contributed by atoms with E-state index in [-0.39, 0.29) is 30.7 Å². The topological polar surface area (TPSA) is 22.3 Å². The van der Waals surface area contributed by atoms with Crippen LogP contribution in [0.1, 0.15) is 5.56 Å². The van der Waals surface area contributed by atoms with Crippen molar-refractivity contribution in [2.75, 3.05) is 6.79 Å². The largest absolute Gasteiger partial charge is 1.00 e. The van der Waals surface area contributed by atoms with Crippen molar-refractivity contribution < 1.29 is 35.2 Å². The number of benzene rings is 1. The van der Waals surface area contributed by atoms with Crippen LogP contribution in [0.3, 0.4) is 0 Å². The van der Waals surface area contributed by atoms with Crippen molar-refractivity contribution in [3.63, 3.8) is 0 Å². The molecule has 0 saturated carbocycles. The van der Waals surface area contributed by atoms with Gasteiger partial charge < -0.3 is 21.9 Å². The van der Waals surface area contributed by atoms with Crippen LogP contribution < -0.4 is 26.4 Å². The van der Waals surface area contributed by atoms with Gasteiger partial charge in [0.1, 0.15) is 0 Å². The maximum absolute atomic E-state index is 13.8. The number of rotatable bonds is 1. The molecule has 0 radical (unpaired) electrons. The van der Waals surface area contributed by atoms with Crippen molar-refractivity contribution in [3.05, 3.63) is 46.7 Å². The number of ether oxygens (including phenoxy) is 2. The minimum absolute atomic E-state index is 0. The van der Waals surface area contributed by atoms with Crippen LogP contribution in [0.4, 0.5) is 8.78 Å². The van der Waals surface area contributed by atoms with Gasteiger partial charge in [0.15, 0.2) is 11.9 Å². The van der Waals surface area contributed by atoms with E-state index in [2.05, 4.69) is 0 Å². The molecular formula is C13H9Cl2F2NO2. The van der Waals surface area contributed by atoms with Gasteiger partial charge in [0.2, 0.25) is 24.2 Å². The highest BCUT2D eigenvalue weighted by atomic mass is 35.5. The lowest BCUT2D eigenvalue weighted by molar-refractivity contribution is -0.594. The standard InChI is InChI=1S/C13H9ClF2NO2.ClH/c1-7-2-3-10(14)17(5-7)8-4-9-11(15)12(16)13(8)19-6-18-9;/h2-5H,6H2,1H3;1H/q+1;/p-1. The van der Waals surface area contributed by atoms with Crippen LogP contribution in [0.2, 0.25) is 5.15 Å². The normalized spacial score (nSPS) is 12.2. The summed E-state index contributed by atoms with van der Waals surface area (Å²) >= 11 is 6.07. The monoisotopic (exact) mass is 319 g/mol. The summed E-state index contributed by atoms with van der Waals surface area (Å²) in [4.78, 5) is 0. The molecule has 7 heteroatoms. The lowest BCUT2D eigenvalue weighted by Gasteiger charge is -2.04. The molecular weight excluding hydrogens is 311 g/mol. The van der Waals surface area contributed by atoms with E-state index in [0.29, 0.717) is 10.8 Å². The van der Waals surface area contributed by atoms with E-state index < -0.39 is 11.6 Å². The first-order valence-electron chi connectivity index (χ1n) is 5.53. The molecule has 0 fully saturated rings. The second-order valence-corrected chi connectivity index (χ2v) is 4.54. The molecule has 4 rings (SSSR count). The first-order valence-corrected chi connectivity index (χ1v) is 5.91. The molecule has 1 aromatic heterocycles. The van der Waals surface area contributed by atoms with Crippen molar-refractivity contribution in [2.45, 2.75) is 6.92 Å². The molecule has 106 valence electrons. The molecule has 0 unspecified atom stereocenters. The Morgan fingerprint density at radius 1 is 1.20 bits per heavy atom. The quantitative estimate of drug-likeness (QED) is 0.542. The van der Waals surface area contributed by atoms with Gasteiger partial charge >= 0.3 is 0 Å². The van der Waals surface area contributed by atoms with Gasteiger partial charge in [-0.15, -0.1) is 4.57 Å². The van der Waals surface area contributed by atoms with Crippen LogP contribution in [0.15, 0.2) is 24.4 Å². The minimum Gasteiger partial charge on any atom is -1.00 e. The summed E-state index contributed by atoms with van der Waals surface area (Å²) < 4.78 is 39.0. The second-order valence-electron chi connectivity index (χ2n) is 4.16. The average molecular weight is 320 g/mol. The van der Waals surface area contributed by atoms with Crippen LogP contribution >= 0.6 is 11.6 Å². The molecule has 0 spiro atoms. The van der Waals surface area contributed by atoms with Gasteiger partial charge in [-0.25, -0.2) is 0 Å². The summed E-state index contributed by atoms with van der Waals surface area (Å²) in [5, 5.41) is 0.356. The first-order chi connectivity index (χ1) is 9.08. The fourth-order valence-corrected chi connectivity index (χ4v) is 2.12. The van der Waals surface area contributed by atoms with E-state index in [4.69, 9.17) is 21.1 Å². The number of hydrogen-bond donors (Lipinski definition) is 0. The van der Waals surface area contributed by atoms with Gasteiger partial charge in [-0.05, 0) is 24.6 Å². The maximum Gasteiger partial charge on any atom is 0.280 e. The van der Waals surface area contributed by atoms with Crippen LogP contribution in [-0.2, 0) is 0 Å². The Balaban J connectivity index is 0.00000147. The third kappa shape index (κ3) is 2.27. The van der Waals surface area contributed by atoms with Crippen molar-refractivity contribution in [3.8, 4) is 17.2 Å². The number of aryl methyl sites for hydroxylation is 1. The van der Waals surface area contributed by atoms with Crippen molar-refractivity contribution in [1.29, 1.82) is 0 Å². The fraction of sp³-hybridized carbons (Fsp3) is 0.154. The predicted molar refractivity (Wildman–Crippen MR) is 63.8 cm³/mol. The molecule has 0 saturated heterocycles. The molecule has 0 aliphatic carbocycles. The Bertz CT molecular complexity index is 680. The highest BCUT2D eigenvalue weighted by molar-refractivity contribution is 6.28. The molecule has 3 nitrogen and oxygen atoms in total. The van der Waals surface area contributed by atoms with E-state index in [0.717, 1.165) is 5.56 Å². The summed E-state index contributed by atoms with van der Waals surface area (Å²) in [6.45, 7) is 1.62. The van der Waals surface area contributed by atoms with E-state index in [1.54, 1.807) is 12.3 Å². The van der Waals surface area contributed by atoms with Crippen molar-refractivity contribution in [2.24, 2.45) is 0 Å². The Morgan fingerprint density at radius 2 is 1.95 bits per heavy atom. The molecule has 0 atom stereocenters. The zero-order chi connectivity index (χ0) is 13.6. The molecule has 2 aromatic rings. The van der Waals surface area contributed by atoms with Gasteiger partial charge in [0.25, 0.3) is 10.8 Å². The molecule has 3 heterocycles. The van der Waals surface area contributed by atoms with Gasteiger partial charge in [-0.1, -0.05) is 0 Å². The van der Waals surface area contributed by atoms with Crippen molar-refractivity contribution in [1.82, 2.24) is 0 Å². The molecule has 0 N–H and O–H groups in total. The van der Waals surface area contributed by atoms with Gasteiger partial charge in [-0.3, -0.25) is 0 Å². The van der Waals surface area contributed by atoms with Gasteiger partial charge in [0.05, 0.1) is 6.07 Å². The van der Waals surface area contributed by atoms with E-state index in [1.807, 2.05) is 13.0 Å². The Labute approximate surface area is 125 Å². The molecule has 2 aliphatic heterocycles. The summed E-state index contributed by atoms with van der Waals surface area (Å²) in [6, 6.07) is 4.85. The number of halogens is 4. The van der Waals surface area contributed by atoms with E-state index in [9.17, 15) is 8.78 Å². The minimum atomic E-state index is -1.07. The number of aromatic nitrogens is 1. The highest BCUT2D eigenvalue weighted by Crippen LogP contribution is 2.35. The molecule has 2 bridgehead atoms. The SMILES string of the molecule is Cc1ccc(Cl)[n+](-c2cc3c(F)c(F)c2OCO3)c1.[Cl-]. The Hall–Kier alpha value is -1.59. The van der Waals surface area contributed by atoms with Crippen molar-refractivity contribution >= 4 is 11.6 Å². The van der Waals surface area contributed by atoms with E-state index in [1.165, 1.54) is 10.6 Å². The van der Waals surface area contributed by atoms with Crippen LogP contribution in [0.25, 0.3) is 5.69 Å². The second kappa shape index (κ2) is 5.42. The summed E-state index contributed by atoms with van der Waals surface area (Å²) in [5.74, 6) is -2.54. The van der Waals surface area contributed by atoms with Gasteiger partial charge in [0, 0.05) is 11.6 Å². The number of fused-ring (bicyclic) bond motifs is 4. The third-order valence-corrected chi connectivity index (χ3v) is 3.14. The summed E-state index contributed by atoms with van der Waals surface area (Å²) in [7, 11) is 0.